The van der Waals surface area contributed by atoms with Gasteiger partial charge < -0.3 is 15.1 Å². The Morgan fingerprint density at radius 2 is 2.18 bits per heavy atom. The van der Waals surface area contributed by atoms with Crippen LogP contribution < -0.4 is 10.2 Å². The van der Waals surface area contributed by atoms with Crippen LogP contribution in [0.5, 0.6) is 0 Å². The van der Waals surface area contributed by atoms with E-state index in [0.717, 1.165) is 22.9 Å². The molecule has 0 spiro atoms. The van der Waals surface area contributed by atoms with Crippen molar-refractivity contribution >= 4 is 23.0 Å². The highest BCUT2D eigenvalue weighted by molar-refractivity contribution is 6.33. The van der Waals surface area contributed by atoms with Crippen molar-refractivity contribution in [3.8, 4) is 0 Å². The van der Waals surface area contributed by atoms with Crippen molar-refractivity contribution in [2.75, 3.05) is 44.4 Å². The number of likely N-dealkylation sites (tertiary alicyclic amines) is 1. The number of anilines is 2. The Kier molecular flexibility index (Phi) is 3.79. The maximum absolute atomic E-state index is 6.25. The highest BCUT2D eigenvalue weighted by Crippen LogP contribution is 2.28. The van der Waals surface area contributed by atoms with Crippen LogP contribution in [-0.4, -0.2) is 45.2 Å². The Bertz CT molecular complexity index is 392. The fourth-order valence-corrected chi connectivity index (χ4v) is 2.60. The van der Waals surface area contributed by atoms with Gasteiger partial charge in [-0.05, 0) is 38.2 Å². The van der Waals surface area contributed by atoms with Crippen LogP contribution in [0, 0.1) is 0 Å². The van der Waals surface area contributed by atoms with Crippen molar-refractivity contribution < 1.29 is 0 Å². The van der Waals surface area contributed by atoms with E-state index >= 15 is 0 Å². The van der Waals surface area contributed by atoms with Crippen LogP contribution in [0.15, 0.2) is 18.2 Å². The fourth-order valence-electron chi connectivity index (χ4n) is 2.25. The Morgan fingerprint density at radius 1 is 1.41 bits per heavy atom. The van der Waals surface area contributed by atoms with Gasteiger partial charge in [-0.2, -0.15) is 0 Å². The molecule has 0 bridgehead atoms. The molecule has 4 heteroatoms. The van der Waals surface area contributed by atoms with Crippen molar-refractivity contribution in [3.63, 3.8) is 0 Å². The average molecular weight is 254 g/mol. The molecular formula is C13H20ClN3. The summed E-state index contributed by atoms with van der Waals surface area (Å²) in [5.74, 6) is 0. The summed E-state index contributed by atoms with van der Waals surface area (Å²) in [6.07, 6.45) is 1.20. The standard InChI is InChI=1S/C13H20ClN3/c1-16(2)13-5-4-10(8-12(13)14)15-11-6-7-17(3)9-11/h4-5,8,11,15H,6-7,9H2,1-3H3. The number of hydrogen-bond donors (Lipinski definition) is 1. The summed E-state index contributed by atoms with van der Waals surface area (Å²) in [5, 5.41) is 4.33. The summed E-state index contributed by atoms with van der Waals surface area (Å²) in [5.41, 5.74) is 2.17. The van der Waals surface area contributed by atoms with Crippen molar-refractivity contribution in [3.05, 3.63) is 23.2 Å². The van der Waals surface area contributed by atoms with Crippen LogP contribution in [0.3, 0.4) is 0 Å². The third-order valence-electron chi connectivity index (χ3n) is 3.19. The lowest BCUT2D eigenvalue weighted by Gasteiger charge is -2.18. The van der Waals surface area contributed by atoms with E-state index in [4.69, 9.17) is 11.6 Å². The fraction of sp³-hybridized carbons (Fsp3) is 0.538. The molecule has 1 saturated heterocycles. The SMILES string of the molecule is CN1CCC(Nc2ccc(N(C)C)c(Cl)c2)C1. The van der Waals surface area contributed by atoms with Gasteiger partial charge in [-0.15, -0.1) is 0 Å². The average Bonchev–Trinajstić information content (AvgIpc) is 2.63. The number of rotatable bonds is 3. The number of nitrogens with one attached hydrogen (secondary N) is 1. The van der Waals surface area contributed by atoms with Crippen molar-refractivity contribution in [1.29, 1.82) is 0 Å². The molecule has 1 atom stereocenters. The van der Waals surface area contributed by atoms with Crippen LogP contribution in [0.25, 0.3) is 0 Å². The highest BCUT2D eigenvalue weighted by atomic mass is 35.5. The topological polar surface area (TPSA) is 18.5 Å². The van der Waals surface area contributed by atoms with Crippen LogP contribution in [0.1, 0.15) is 6.42 Å². The number of nitrogens with zero attached hydrogens (tertiary/aromatic N) is 2. The predicted molar refractivity (Wildman–Crippen MR) is 75.3 cm³/mol. The van der Waals surface area contributed by atoms with Crippen molar-refractivity contribution in [1.82, 2.24) is 4.90 Å². The molecule has 0 radical (unpaired) electrons. The second-order valence-corrected chi connectivity index (χ2v) is 5.36. The van der Waals surface area contributed by atoms with Crippen LogP contribution >= 0.6 is 11.6 Å². The highest BCUT2D eigenvalue weighted by Gasteiger charge is 2.19. The first-order valence-corrected chi connectivity index (χ1v) is 6.36. The molecule has 0 aliphatic carbocycles. The molecule has 1 aromatic rings. The lowest BCUT2D eigenvalue weighted by Crippen LogP contribution is -2.23. The molecule has 0 amide bonds. The van der Waals surface area contributed by atoms with Gasteiger partial charge >= 0.3 is 0 Å². The molecule has 17 heavy (non-hydrogen) atoms. The summed E-state index contributed by atoms with van der Waals surface area (Å²) in [6.45, 7) is 2.27. The van der Waals surface area contributed by atoms with Gasteiger partial charge in [-0.25, -0.2) is 0 Å². The molecule has 94 valence electrons. The van der Waals surface area contributed by atoms with Gasteiger partial charge in [0.15, 0.2) is 0 Å². The first-order valence-electron chi connectivity index (χ1n) is 5.98. The molecule has 2 rings (SSSR count). The van der Waals surface area contributed by atoms with Gasteiger partial charge in [0.25, 0.3) is 0 Å². The maximum atomic E-state index is 6.25. The third-order valence-corrected chi connectivity index (χ3v) is 3.49. The molecule has 1 N–H and O–H groups in total. The van der Waals surface area contributed by atoms with E-state index < -0.39 is 0 Å². The summed E-state index contributed by atoms with van der Waals surface area (Å²) in [7, 11) is 6.16. The Labute approximate surface area is 108 Å². The smallest absolute Gasteiger partial charge is 0.0659 e. The molecule has 3 nitrogen and oxygen atoms in total. The Morgan fingerprint density at radius 3 is 2.71 bits per heavy atom. The van der Waals surface area contributed by atoms with Crippen LogP contribution in [0.4, 0.5) is 11.4 Å². The molecule has 1 heterocycles. The van der Waals surface area contributed by atoms with E-state index in [1.165, 1.54) is 13.0 Å². The number of hydrogen-bond acceptors (Lipinski definition) is 3. The van der Waals surface area contributed by atoms with Crippen molar-refractivity contribution in [2.45, 2.75) is 12.5 Å². The maximum Gasteiger partial charge on any atom is 0.0659 e. The normalized spacial score (nSPS) is 20.6. The molecule has 1 aliphatic heterocycles. The Balaban J connectivity index is 2.05. The lowest BCUT2D eigenvalue weighted by molar-refractivity contribution is 0.414. The molecule has 0 saturated carbocycles. The van der Waals surface area contributed by atoms with E-state index in [-0.39, 0.29) is 0 Å². The molecule has 0 aromatic heterocycles. The summed E-state index contributed by atoms with van der Waals surface area (Å²) < 4.78 is 0. The molecule has 1 aromatic carbocycles. The van der Waals surface area contributed by atoms with Gasteiger partial charge in [0.2, 0.25) is 0 Å². The summed E-state index contributed by atoms with van der Waals surface area (Å²) >= 11 is 6.25. The largest absolute Gasteiger partial charge is 0.381 e. The first kappa shape index (κ1) is 12.5. The predicted octanol–water partition coefficient (Wildman–Crippen LogP) is 2.52. The Hall–Kier alpha value is -0.930. The van der Waals surface area contributed by atoms with Gasteiger partial charge in [-0.3, -0.25) is 0 Å². The van der Waals surface area contributed by atoms with E-state index in [0.29, 0.717) is 6.04 Å². The van der Waals surface area contributed by atoms with Crippen LogP contribution in [-0.2, 0) is 0 Å². The molecular weight excluding hydrogens is 234 g/mol. The second kappa shape index (κ2) is 5.15. The zero-order valence-electron chi connectivity index (χ0n) is 10.7. The van der Waals surface area contributed by atoms with E-state index in [1.807, 2.05) is 25.1 Å². The second-order valence-electron chi connectivity index (χ2n) is 4.95. The number of benzene rings is 1. The molecule has 1 aliphatic rings. The van der Waals surface area contributed by atoms with Gasteiger partial charge in [0.1, 0.15) is 0 Å². The molecule has 1 unspecified atom stereocenters. The van der Waals surface area contributed by atoms with Gasteiger partial charge in [-0.1, -0.05) is 11.6 Å². The minimum Gasteiger partial charge on any atom is -0.381 e. The monoisotopic (exact) mass is 253 g/mol. The van der Waals surface area contributed by atoms with E-state index in [1.54, 1.807) is 0 Å². The van der Waals surface area contributed by atoms with Gasteiger partial charge in [0.05, 0.1) is 10.7 Å². The summed E-state index contributed by atoms with van der Waals surface area (Å²) in [4.78, 5) is 4.36. The minimum atomic E-state index is 0.543. The quantitative estimate of drug-likeness (QED) is 0.893. The minimum absolute atomic E-state index is 0.543. The summed E-state index contributed by atoms with van der Waals surface area (Å²) in [6, 6.07) is 6.71. The van der Waals surface area contributed by atoms with E-state index in [9.17, 15) is 0 Å². The molecule has 1 fully saturated rings. The lowest BCUT2D eigenvalue weighted by atomic mass is 10.2. The van der Waals surface area contributed by atoms with E-state index in [2.05, 4.69) is 29.4 Å². The van der Waals surface area contributed by atoms with Crippen molar-refractivity contribution in [2.24, 2.45) is 0 Å². The van der Waals surface area contributed by atoms with Gasteiger partial charge in [0, 0.05) is 32.4 Å². The zero-order valence-corrected chi connectivity index (χ0v) is 11.5. The number of likely N-dealkylation sites (N-methyl/N-ethyl adjacent to an activating group) is 1. The third kappa shape index (κ3) is 3.05. The van der Waals surface area contributed by atoms with Crippen LogP contribution in [0.2, 0.25) is 5.02 Å². The first-order chi connectivity index (χ1) is 8.06. The zero-order chi connectivity index (χ0) is 12.4. The number of halogens is 1.